The van der Waals surface area contributed by atoms with Crippen LogP contribution >= 0.6 is 11.3 Å². The first-order valence-electron chi connectivity index (χ1n) is 9.05. The Kier molecular flexibility index (Phi) is 5.13. The Labute approximate surface area is 161 Å². The van der Waals surface area contributed by atoms with Crippen LogP contribution in [0.2, 0.25) is 0 Å². The molecule has 0 aliphatic carbocycles. The summed E-state index contributed by atoms with van der Waals surface area (Å²) in [4.78, 5) is 42.9. The number of amides is 2. The molecular weight excluding hydrogens is 366 g/mol. The Morgan fingerprint density at radius 2 is 1.74 bits per heavy atom. The summed E-state index contributed by atoms with van der Waals surface area (Å²) in [5, 5.41) is 0.547. The summed E-state index contributed by atoms with van der Waals surface area (Å²) in [7, 11) is 0. The van der Waals surface area contributed by atoms with Crippen molar-refractivity contribution in [3.63, 3.8) is 0 Å². The number of ether oxygens (including phenoxy) is 1. The molecule has 0 saturated carbocycles. The van der Waals surface area contributed by atoms with Gasteiger partial charge in [0, 0.05) is 50.1 Å². The summed E-state index contributed by atoms with van der Waals surface area (Å²) in [6.45, 7) is 5.38. The number of morpholine rings is 1. The molecule has 0 unspecified atom stereocenters. The average molecular weight is 387 g/mol. The van der Waals surface area contributed by atoms with Gasteiger partial charge in [-0.05, 0) is 6.92 Å². The van der Waals surface area contributed by atoms with Crippen LogP contribution in [0.15, 0.2) is 12.4 Å². The van der Waals surface area contributed by atoms with Crippen LogP contribution < -0.4 is 0 Å². The number of carbonyl (C=O) groups excluding carboxylic acids is 2. The first kappa shape index (κ1) is 18.0. The highest BCUT2D eigenvalue weighted by atomic mass is 32.1. The highest BCUT2D eigenvalue weighted by molar-refractivity contribution is 7.13. The average Bonchev–Trinajstić information content (AvgIpc) is 3.01. The number of fused-ring (bicyclic) bond motifs is 1. The minimum Gasteiger partial charge on any atom is -0.378 e. The van der Waals surface area contributed by atoms with E-state index < -0.39 is 0 Å². The van der Waals surface area contributed by atoms with Crippen molar-refractivity contribution in [1.82, 2.24) is 24.8 Å². The van der Waals surface area contributed by atoms with Crippen LogP contribution in [-0.4, -0.2) is 76.0 Å². The number of thiazole rings is 1. The number of aromatic nitrogens is 3. The van der Waals surface area contributed by atoms with Gasteiger partial charge in [-0.1, -0.05) is 0 Å². The molecule has 27 heavy (non-hydrogen) atoms. The summed E-state index contributed by atoms with van der Waals surface area (Å²) < 4.78 is 5.30. The van der Waals surface area contributed by atoms with E-state index in [2.05, 4.69) is 15.0 Å². The number of hydrogen-bond donors (Lipinski definition) is 0. The van der Waals surface area contributed by atoms with E-state index in [0.29, 0.717) is 62.9 Å². The van der Waals surface area contributed by atoms with E-state index in [4.69, 9.17) is 4.74 Å². The predicted octanol–water partition coefficient (Wildman–Crippen LogP) is 0.955. The molecule has 8 nitrogen and oxygen atoms in total. The minimum atomic E-state index is -0.109. The van der Waals surface area contributed by atoms with Crippen LogP contribution in [0.5, 0.6) is 0 Å². The fraction of sp³-hybridized carbons (Fsp3) is 0.500. The molecule has 2 aliphatic heterocycles. The lowest BCUT2D eigenvalue weighted by molar-refractivity contribution is 0.0302. The Hall–Kier alpha value is -2.39. The highest BCUT2D eigenvalue weighted by Crippen LogP contribution is 2.24. The molecule has 1 saturated heterocycles. The van der Waals surface area contributed by atoms with Crippen LogP contribution in [0.4, 0.5) is 0 Å². The maximum atomic E-state index is 12.7. The quantitative estimate of drug-likeness (QED) is 0.763. The van der Waals surface area contributed by atoms with Crippen LogP contribution in [0.1, 0.15) is 36.6 Å². The molecule has 2 aliphatic rings. The molecule has 0 radical (unpaired) electrons. The van der Waals surface area contributed by atoms with Crippen molar-refractivity contribution >= 4 is 23.2 Å². The summed E-state index contributed by atoms with van der Waals surface area (Å²) in [5.41, 5.74) is 2.08. The second-order valence-corrected chi connectivity index (χ2v) is 7.71. The lowest BCUT2D eigenvalue weighted by Crippen LogP contribution is -2.40. The lowest BCUT2D eigenvalue weighted by atomic mass is 10.2. The largest absolute Gasteiger partial charge is 0.378 e. The Morgan fingerprint density at radius 3 is 2.48 bits per heavy atom. The molecule has 0 bridgehead atoms. The van der Waals surface area contributed by atoms with E-state index in [1.807, 2.05) is 6.92 Å². The summed E-state index contributed by atoms with van der Waals surface area (Å²) in [6.07, 6.45) is 4.48. The molecule has 1 fully saturated rings. The van der Waals surface area contributed by atoms with Gasteiger partial charge in [-0.15, -0.1) is 11.3 Å². The monoisotopic (exact) mass is 387 g/mol. The van der Waals surface area contributed by atoms with Gasteiger partial charge in [0.2, 0.25) is 0 Å². The molecule has 0 N–H and O–H groups in total. The third-order valence-electron chi connectivity index (χ3n) is 4.77. The number of rotatable bonds is 2. The molecule has 9 heteroatoms. The summed E-state index contributed by atoms with van der Waals surface area (Å²) in [5.74, 6) is -0.124. The zero-order valence-electron chi connectivity index (χ0n) is 15.2. The Morgan fingerprint density at radius 1 is 1.00 bits per heavy atom. The van der Waals surface area contributed by atoms with E-state index in [1.54, 1.807) is 16.0 Å². The SMILES string of the molecule is Cc1cnc(C(=O)N2CCc3nc(C(=O)N4CCOCC4)sc3CC2)cn1. The standard InChI is InChI=1S/C18H21N5O3S/c1-12-10-20-14(11-19-12)17(24)22-4-2-13-15(3-5-22)27-16(21-13)18(25)23-6-8-26-9-7-23/h10-11H,2-9H2,1H3. The van der Waals surface area contributed by atoms with Crippen molar-refractivity contribution in [3.05, 3.63) is 39.4 Å². The zero-order valence-corrected chi connectivity index (χ0v) is 16.0. The van der Waals surface area contributed by atoms with Gasteiger partial charge in [0.1, 0.15) is 5.69 Å². The minimum absolute atomic E-state index is 0.0146. The highest BCUT2D eigenvalue weighted by Gasteiger charge is 2.27. The lowest BCUT2D eigenvalue weighted by Gasteiger charge is -2.25. The normalized spacial score (nSPS) is 17.4. The summed E-state index contributed by atoms with van der Waals surface area (Å²) in [6, 6.07) is 0. The molecular formula is C18H21N5O3S. The second kappa shape index (κ2) is 7.69. The van der Waals surface area contributed by atoms with Gasteiger partial charge in [-0.2, -0.15) is 0 Å². The first-order chi connectivity index (χ1) is 13.1. The van der Waals surface area contributed by atoms with Gasteiger partial charge >= 0.3 is 0 Å². The Bertz CT molecular complexity index is 820. The van der Waals surface area contributed by atoms with Crippen LogP contribution in [0.25, 0.3) is 0 Å². The van der Waals surface area contributed by atoms with Crippen LogP contribution in [0.3, 0.4) is 0 Å². The van der Waals surface area contributed by atoms with E-state index in [1.165, 1.54) is 17.5 Å². The third-order valence-corrected chi connectivity index (χ3v) is 5.92. The molecule has 0 spiro atoms. The van der Waals surface area contributed by atoms with Gasteiger partial charge in [0.15, 0.2) is 5.01 Å². The fourth-order valence-corrected chi connectivity index (χ4v) is 4.29. The maximum Gasteiger partial charge on any atom is 0.283 e. The second-order valence-electron chi connectivity index (χ2n) is 6.63. The number of hydrogen-bond acceptors (Lipinski definition) is 7. The topological polar surface area (TPSA) is 88.5 Å². The van der Waals surface area contributed by atoms with Gasteiger partial charge in [0.05, 0.1) is 30.8 Å². The van der Waals surface area contributed by atoms with Crippen molar-refractivity contribution in [2.45, 2.75) is 19.8 Å². The molecule has 0 aromatic carbocycles. The Balaban J connectivity index is 1.43. The van der Waals surface area contributed by atoms with Gasteiger partial charge in [0.25, 0.3) is 11.8 Å². The van der Waals surface area contributed by atoms with Crippen LogP contribution in [-0.2, 0) is 17.6 Å². The van der Waals surface area contributed by atoms with Gasteiger partial charge in [-0.3, -0.25) is 14.6 Å². The number of nitrogens with zero attached hydrogens (tertiary/aromatic N) is 5. The van der Waals surface area contributed by atoms with Crippen molar-refractivity contribution in [3.8, 4) is 0 Å². The van der Waals surface area contributed by atoms with Gasteiger partial charge in [-0.25, -0.2) is 9.97 Å². The van der Waals surface area contributed by atoms with Crippen LogP contribution in [0, 0.1) is 6.92 Å². The van der Waals surface area contributed by atoms with E-state index in [9.17, 15) is 9.59 Å². The maximum absolute atomic E-state index is 12.7. The first-order valence-corrected chi connectivity index (χ1v) is 9.87. The van der Waals surface area contributed by atoms with Crippen molar-refractivity contribution in [2.24, 2.45) is 0 Å². The van der Waals surface area contributed by atoms with Crippen molar-refractivity contribution < 1.29 is 14.3 Å². The predicted molar refractivity (Wildman–Crippen MR) is 98.9 cm³/mol. The van der Waals surface area contributed by atoms with E-state index in [0.717, 1.165) is 16.3 Å². The molecule has 142 valence electrons. The zero-order chi connectivity index (χ0) is 18.8. The van der Waals surface area contributed by atoms with Gasteiger partial charge < -0.3 is 14.5 Å². The van der Waals surface area contributed by atoms with E-state index >= 15 is 0 Å². The molecule has 2 aromatic rings. The van der Waals surface area contributed by atoms with E-state index in [-0.39, 0.29) is 11.8 Å². The molecule has 2 amide bonds. The smallest absolute Gasteiger partial charge is 0.283 e. The molecule has 0 atom stereocenters. The van der Waals surface area contributed by atoms with Crippen molar-refractivity contribution in [1.29, 1.82) is 0 Å². The van der Waals surface area contributed by atoms with Crippen molar-refractivity contribution in [2.75, 3.05) is 39.4 Å². The fourth-order valence-electron chi connectivity index (χ4n) is 3.22. The molecule has 4 heterocycles. The number of carbonyl (C=O) groups is 2. The molecule has 4 rings (SSSR count). The summed E-state index contributed by atoms with van der Waals surface area (Å²) >= 11 is 1.45. The molecule has 2 aromatic heterocycles. The third kappa shape index (κ3) is 3.84. The number of aryl methyl sites for hydroxylation is 1.